The summed E-state index contributed by atoms with van der Waals surface area (Å²) in [7, 11) is 3.33. The van der Waals surface area contributed by atoms with Crippen LogP contribution in [0.25, 0.3) is 0 Å². The minimum atomic E-state index is -0.00428. The summed E-state index contributed by atoms with van der Waals surface area (Å²) < 4.78 is 29.1. The molecule has 0 radical (unpaired) electrons. The van der Waals surface area contributed by atoms with E-state index in [1.807, 2.05) is 36.4 Å². The Bertz CT molecular complexity index is 1100. The molecule has 1 saturated heterocycles. The first-order valence-electron chi connectivity index (χ1n) is 12.0. The molecule has 1 unspecified atom stereocenters. The third-order valence-electron chi connectivity index (χ3n) is 6.48. The van der Waals surface area contributed by atoms with E-state index in [-0.39, 0.29) is 12.8 Å². The van der Waals surface area contributed by atoms with Crippen LogP contribution in [0.1, 0.15) is 29.2 Å². The summed E-state index contributed by atoms with van der Waals surface area (Å²) >= 11 is 0. The molecule has 0 spiro atoms. The van der Waals surface area contributed by atoms with Gasteiger partial charge in [0.2, 0.25) is 12.5 Å². The van der Waals surface area contributed by atoms with Crippen molar-refractivity contribution in [3.8, 4) is 28.7 Å². The summed E-state index contributed by atoms with van der Waals surface area (Å²) in [5.74, 6) is 3.46. The van der Waals surface area contributed by atoms with Crippen molar-refractivity contribution in [1.29, 1.82) is 0 Å². The molecule has 184 valence electrons. The second-order valence-electron chi connectivity index (χ2n) is 8.68. The van der Waals surface area contributed by atoms with Gasteiger partial charge in [-0.05, 0) is 53.9 Å². The fourth-order valence-corrected chi connectivity index (χ4v) is 4.75. The van der Waals surface area contributed by atoms with Crippen LogP contribution in [-0.2, 0) is 6.61 Å². The highest BCUT2D eigenvalue weighted by atomic mass is 16.7. The largest absolute Gasteiger partial charge is 0.493 e. The van der Waals surface area contributed by atoms with Crippen molar-refractivity contribution in [3.05, 3.63) is 77.4 Å². The lowest BCUT2D eigenvalue weighted by Crippen LogP contribution is -2.33. The van der Waals surface area contributed by atoms with Gasteiger partial charge in [-0.2, -0.15) is 0 Å². The maximum atomic E-state index is 6.19. The van der Waals surface area contributed by atoms with Crippen LogP contribution in [0.5, 0.6) is 28.7 Å². The van der Waals surface area contributed by atoms with Gasteiger partial charge in [-0.25, -0.2) is 0 Å². The molecule has 2 heterocycles. The Morgan fingerprint density at radius 1 is 0.857 bits per heavy atom. The quantitative estimate of drug-likeness (QED) is 0.517. The number of methoxy groups -OCH3 is 2. The normalized spacial score (nSPS) is 16.4. The zero-order chi connectivity index (χ0) is 24.0. The summed E-state index contributed by atoms with van der Waals surface area (Å²) in [4.78, 5) is 2.50. The highest BCUT2D eigenvalue weighted by Crippen LogP contribution is 2.44. The third-order valence-corrected chi connectivity index (χ3v) is 6.48. The Balaban J connectivity index is 1.53. The summed E-state index contributed by atoms with van der Waals surface area (Å²) in [6.07, 6.45) is 1.08. The van der Waals surface area contributed by atoms with Gasteiger partial charge in [-0.3, -0.25) is 4.90 Å². The van der Waals surface area contributed by atoms with E-state index in [1.165, 1.54) is 0 Å². The number of nitrogens with one attached hydrogen (secondary N) is 1. The summed E-state index contributed by atoms with van der Waals surface area (Å²) in [6.45, 7) is 4.54. The first-order valence-corrected chi connectivity index (χ1v) is 12.0. The van der Waals surface area contributed by atoms with Crippen LogP contribution in [0.2, 0.25) is 0 Å². The van der Waals surface area contributed by atoms with Gasteiger partial charge in [0, 0.05) is 19.6 Å². The van der Waals surface area contributed by atoms with E-state index in [2.05, 4.69) is 34.5 Å². The summed E-state index contributed by atoms with van der Waals surface area (Å²) in [5, 5.41) is 3.51. The average Bonchev–Trinajstić information content (AvgIpc) is 3.21. The van der Waals surface area contributed by atoms with E-state index < -0.39 is 0 Å². The predicted octanol–water partition coefficient (Wildman–Crippen LogP) is 4.40. The first kappa shape index (κ1) is 23.3. The molecule has 0 bridgehead atoms. The molecule has 2 aliphatic heterocycles. The Hall–Kier alpha value is -3.42. The Morgan fingerprint density at radius 3 is 2.40 bits per heavy atom. The van der Waals surface area contributed by atoms with Crippen molar-refractivity contribution < 1.29 is 23.7 Å². The fraction of sp³-hybridized carbons (Fsp3) is 0.357. The van der Waals surface area contributed by atoms with Crippen LogP contribution in [0.15, 0.2) is 60.7 Å². The Labute approximate surface area is 206 Å². The standard InChI is InChI=1S/C28H32N2O5/c1-31-25-16-22(17-26(32-2)28(25)33-18-20-7-4-3-5-8-20)27(30-13-6-11-29-12-14-30)21-9-10-23-24(15-21)35-19-34-23/h3-5,7-10,15-17,27,29H,6,11-14,18-19H2,1-2H3. The molecule has 7 nitrogen and oxygen atoms in total. The van der Waals surface area contributed by atoms with E-state index >= 15 is 0 Å². The number of rotatable bonds is 8. The Kier molecular flexibility index (Phi) is 7.25. The van der Waals surface area contributed by atoms with Crippen LogP contribution in [0, 0.1) is 0 Å². The van der Waals surface area contributed by atoms with Crippen molar-refractivity contribution in [2.45, 2.75) is 19.1 Å². The molecule has 0 saturated carbocycles. The zero-order valence-corrected chi connectivity index (χ0v) is 20.3. The number of nitrogens with zero attached hydrogens (tertiary/aromatic N) is 1. The molecule has 35 heavy (non-hydrogen) atoms. The second kappa shape index (κ2) is 10.9. The van der Waals surface area contributed by atoms with Gasteiger partial charge in [-0.15, -0.1) is 0 Å². The minimum absolute atomic E-state index is 0.00428. The topological polar surface area (TPSA) is 61.4 Å². The zero-order valence-electron chi connectivity index (χ0n) is 20.3. The predicted molar refractivity (Wildman–Crippen MR) is 134 cm³/mol. The molecule has 3 aromatic rings. The van der Waals surface area contributed by atoms with Gasteiger partial charge < -0.3 is 29.0 Å². The lowest BCUT2D eigenvalue weighted by atomic mass is 9.95. The lowest BCUT2D eigenvalue weighted by Gasteiger charge is -2.32. The average molecular weight is 477 g/mol. The van der Waals surface area contributed by atoms with Crippen LogP contribution >= 0.6 is 0 Å². The van der Waals surface area contributed by atoms with Gasteiger partial charge in [0.25, 0.3) is 0 Å². The molecule has 1 atom stereocenters. The number of hydrogen-bond donors (Lipinski definition) is 1. The molecular weight excluding hydrogens is 444 g/mol. The van der Waals surface area contributed by atoms with Crippen molar-refractivity contribution in [2.75, 3.05) is 47.2 Å². The van der Waals surface area contributed by atoms with Crippen LogP contribution in [-0.4, -0.2) is 52.1 Å². The second-order valence-corrected chi connectivity index (χ2v) is 8.68. The van der Waals surface area contributed by atoms with E-state index in [0.717, 1.165) is 60.8 Å². The number of fused-ring (bicyclic) bond motifs is 1. The van der Waals surface area contributed by atoms with Gasteiger partial charge in [0.15, 0.2) is 23.0 Å². The molecule has 7 heteroatoms. The molecule has 2 aliphatic rings. The monoisotopic (exact) mass is 476 g/mol. The van der Waals surface area contributed by atoms with Crippen LogP contribution in [0.3, 0.4) is 0 Å². The third kappa shape index (κ3) is 5.16. The minimum Gasteiger partial charge on any atom is -0.493 e. The van der Waals surface area contributed by atoms with Crippen molar-refractivity contribution in [3.63, 3.8) is 0 Å². The van der Waals surface area contributed by atoms with Gasteiger partial charge in [0.1, 0.15) is 6.61 Å². The van der Waals surface area contributed by atoms with Crippen molar-refractivity contribution in [1.82, 2.24) is 10.2 Å². The summed E-state index contributed by atoms with van der Waals surface area (Å²) in [6, 6.07) is 20.4. The SMILES string of the molecule is COc1cc(C(c2ccc3c(c2)OCO3)N2CCCNCC2)cc(OC)c1OCc1ccccc1. The van der Waals surface area contributed by atoms with Gasteiger partial charge >= 0.3 is 0 Å². The maximum Gasteiger partial charge on any atom is 0.231 e. The highest BCUT2D eigenvalue weighted by molar-refractivity contribution is 5.56. The highest BCUT2D eigenvalue weighted by Gasteiger charge is 2.28. The van der Waals surface area contributed by atoms with Gasteiger partial charge in [0.05, 0.1) is 20.3 Å². The molecule has 0 aromatic heterocycles. The number of benzene rings is 3. The fourth-order valence-electron chi connectivity index (χ4n) is 4.75. The van der Waals surface area contributed by atoms with Gasteiger partial charge in [-0.1, -0.05) is 36.4 Å². The molecule has 5 rings (SSSR count). The van der Waals surface area contributed by atoms with Crippen molar-refractivity contribution >= 4 is 0 Å². The molecule has 1 fully saturated rings. The van der Waals surface area contributed by atoms with E-state index in [4.69, 9.17) is 23.7 Å². The molecule has 1 N–H and O–H groups in total. The number of hydrogen-bond acceptors (Lipinski definition) is 7. The van der Waals surface area contributed by atoms with Crippen LogP contribution in [0.4, 0.5) is 0 Å². The maximum absolute atomic E-state index is 6.19. The molecule has 3 aromatic carbocycles. The lowest BCUT2D eigenvalue weighted by molar-refractivity contribution is 0.173. The van der Waals surface area contributed by atoms with Crippen molar-refractivity contribution in [2.24, 2.45) is 0 Å². The first-order chi connectivity index (χ1) is 17.3. The smallest absolute Gasteiger partial charge is 0.231 e. The molecule has 0 aliphatic carbocycles. The van der Waals surface area contributed by atoms with E-state index in [1.54, 1.807) is 14.2 Å². The van der Waals surface area contributed by atoms with E-state index in [9.17, 15) is 0 Å². The van der Waals surface area contributed by atoms with Crippen LogP contribution < -0.4 is 29.0 Å². The summed E-state index contributed by atoms with van der Waals surface area (Å²) in [5.41, 5.74) is 3.29. The number of ether oxygens (including phenoxy) is 5. The molecular formula is C28H32N2O5. The molecule has 0 amide bonds. The Morgan fingerprint density at radius 2 is 1.63 bits per heavy atom. The van der Waals surface area contributed by atoms with E-state index in [0.29, 0.717) is 23.9 Å².